The lowest BCUT2D eigenvalue weighted by molar-refractivity contribution is -0.137. The molecule has 1 aromatic rings. The van der Waals surface area contributed by atoms with Crippen molar-refractivity contribution in [2.24, 2.45) is 0 Å². The van der Waals surface area contributed by atoms with Gasteiger partial charge in [0.25, 0.3) is 0 Å². The minimum atomic E-state index is -0.211. The molecule has 1 unspecified atom stereocenters. The number of thioether (sulfide) groups is 1. The van der Waals surface area contributed by atoms with Crippen LogP contribution in [0.5, 0.6) is 11.5 Å². The number of methoxy groups -OCH3 is 3. The maximum absolute atomic E-state index is 11.2. The number of esters is 1. The van der Waals surface area contributed by atoms with E-state index in [9.17, 15) is 4.79 Å². The molecule has 5 nitrogen and oxygen atoms in total. The van der Waals surface area contributed by atoms with Gasteiger partial charge in [-0.25, -0.2) is 0 Å². The third-order valence-corrected chi connectivity index (χ3v) is 4.01. The zero-order chi connectivity index (χ0) is 15.7. The molecule has 1 rings (SSSR count). The molecule has 0 saturated heterocycles. The van der Waals surface area contributed by atoms with Gasteiger partial charge in [0.05, 0.1) is 27.1 Å². The van der Waals surface area contributed by atoms with E-state index in [1.165, 1.54) is 18.9 Å². The Morgan fingerprint density at radius 1 is 1.29 bits per heavy atom. The number of benzene rings is 1. The zero-order valence-electron chi connectivity index (χ0n) is 13.0. The molecule has 0 aromatic heterocycles. The summed E-state index contributed by atoms with van der Waals surface area (Å²) in [6, 6.07) is 5.87. The summed E-state index contributed by atoms with van der Waals surface area (Å²) < 4.78 is 15.3. The summed E-state index contributed by atoms with van der Waals surface area (Å²) >= 11 is 1.53. The topological polar surface area (TPSA) is 56.8 Å². The molecule has 21 heavy (non-hydrogen) atoms. The van der Waals surface area contributed by atoms with Gasteiger partial charge in [-0.15, -0.1) is 11.8 Å². The van der Waals surface area contributed by atoms with Crippen molar-refractivity contribution in [2.45, 2.75) is 13.0 Å². The Bertz CT molecular complexity index is 453. The highest BCUT2D eigenvalue weighted by Gasteiger charge is 2.17. The van der Waals surface area contributed by atoms with E-state index in [1.54, 1.807) is 14.2 Å². The minimum Gasteiger partial charge on any atom is -0.497 e. The van der Waals surface area contributed by atoms with Crippen LogP contribution in [0.25, 0.3) is 0 Å². The minimum absolute atomic E-state index is 0.102. The number of hydrogen-bond donors (Lipinski definition) is 1. The largest absolute Gasteiger partial charge is 0.497 e. The Balaban J connectivity index is 2.81. The molecule has 0 radical (unpaired) electrons. The summed E-state index contributed by atoms with van der Waals surface area (Å²) in [6.07, 6.45) is 0. The highest BCUT2D eigenvalue weighted by Crippen LogP contribution is 2.31. The van der Waals surface area contributed by atoms with Gasteiger partial charge in [-0.1, -0.05) is 13.0 Å². The van der Waals surface area contributed by atoms with Crippen LogP contribution in [0.4, 0.5) is 0 Å². The van der Waals surface area contributed by atoms with Crippen LogP contribution in [0.1, 0.15) is 18.5 Å². The van der Waals surface area contributed by atoms with Gasteiger partial charge in [0.2, 0.25) is 0 Å². The number of hydrogen-bond acceptors (Lipinski definition) is 6. The molecular weight excluding hydrogens is 290 g/mol. The molecule has 0 aliphatic heterocycles. The second-order valence-electron chi connectivity index (χ2n) is 4.31. The summed E-state index contributed by atoms with van der Waals surface area (Å²) in [5, 5.41) is 3.41. The maximum Gasteiger partial charge on any atom is 0.315 e. The standard InChI is InChI=1S/C15H23NO4S/c1-5-16-13(9-21-10-15(17)20-4)12-7-6-11(18-2)8-14(12)19-3/h6-8,13,16H,5,9-10H2,1-4H3. The molecule has 0 spiro atoms. The predicted octanol–water partition coefficient (Wildman–Crippen LogP) is 2.26. The molecule has 0 bridgehead atoms. The fourth-order valence-corrected chi connectivity index (χ4v) is 2.87. The second kappa shape index (κ2) is 9.52. The molecule has 0 amide bonds. The molecule has 0 fully saturated rings. The summed E-state index contributed by atoms with van der Waals surface area (Å²) in [7, 11) is 4.67. The van der Waals surface area contributed by atoms with E-state index in [4.69, 9.17) is 9.47 Å². The SMILES string of the molecule is CCNC(CSCC(=O)OC)c1ccc(OC)cc1OC. The molecule has 1 aromatic carbocycles. The van der Waals surface area contributed by atoms with Crippen LogP contribution in [0.15, 0.2) is 18.2 Å². The van der Waals surface area contributed by atoms with Crippen LogP contribution in [0, 0.1) is 0 Å². The van der Waals surface area contributed by atoms with Gasteiger partial charge in [0.15, 0.2) is 0 Å². The molecule has 0 heterocycles. The highest BCUT2D eigenvalue weighted by molar-refractivity contribution is 7.99. The molecular formula is C15H23NO4S. The predicted molar refractivity (Wildman–Crippen MR) is 85.3 cm³/mol. The Morgan fingerprint density at radius 3 is 2.62 bits per heavy atom. The fourth-order valence-electron chi connectivity index (χ4n) is 1.93. The van der Waals surface area contributed by atoms with E-state index in [2.05, 4.69) is 10.1 Å². The monoisotopic (exact) mass is 313 g/mol. The third-order valence-electron chi connectivity index (χ3n) is 3.00. The van der Waals surface area contributed by atoms with E-state index >= 15 is 0 Å². The number of nitrogens with one attached hydrogen (secondary N) is 1. The van der Waals surface area contributed by atoms with Gasteiger partial charge < -0.3 is 19.5 Å². The molecule has 1 atom stereocenters. The maximum atomic E-state index is 11.2. The first-order valence-electron chi connectivity index (χ1n) is 6.76. The van der Waals surface area contributed by atoms with Crippen LogP contribution in [-0.2, 0) is 9.53 Å². The first-order chi connectivity index (χ1) is 10.2. The van der Waals surface area contributed by atoms with Gasteiger partial charge in [-0.05, 0) is 12.6 Å². The zero-order valence-corrected chi connectivity index (χ0v) is 13.8. The van der Waals surface area contributed by atoms with E-state index < -0.39 is 0 Å². The molecule has 1 N–H and O–H groups in total. The van der Waals surface area contributed by atoms with Crippen molar-refractivity contribution in [3.05, 3.63) is 23.8 Å². The third kappa shape index (κ3) is 5.47. The number of rotatable bonds is 9. The summed E-state index contributed by atoms with van der Waals surface area (Å²) in [6.45, 7) is 2.88. The van der Waals surface area contributed by atoms with Crippen molar-refractivity contribution in [1.29, 1.82) is 0 Å². The van der Waals surface area contributed by atoms with Gasteiger partial charge in [0.1, 0.15) is 11.5 Å². The number of carbonyl (C=O) groups is 1. The van der Waals surface area contributed by atoms with Crippen molar-refractivity contribution in [2.75, 3.05) is 39.4 Å². The van der Waals surface area contributed by atoms with Crippen LogP contribution in [-0.4, -0.2) is 45.3 Å². The van der Waals surface area contributed by atoms with Crippen LogP contribution in [0.2, 0.25) is 0 Å². The van der Waals surface area contributed by atoms with E-state index in [0.717, 1.165) is 29.4 Å². The molecule has 6 heteroatoms. The summed E-state index contributed by atoms with van der Waals surface area (Å²) in [5.74, 6) is 2.42. The first-order valence-corrected chi connectivity index (χ1v) is 7.91. The normalized spacial score (nSPS) is 11.8. The summed E-state index contributed by atoms with van der Waals surface area (Å²) in [4.78, 5) is 11.2. The van der Waals surface area contributed by atoms with Crippen LogP contribution in [0.3, 0.4) is 0 Å². The van der Waals surface area contributed by atoms with E-state index in [0.29, 0.717) is 5.75 Å². The molecule has 0 aliphatic rings. The Labute approximate surface area is 130 Å². The quantitative estimate of drug-likeness (QED) is 0.706. The van der Waals surface area contributed by atoms with E-state index in [-0.39, 0.29) is 12.0 Å². The lowest BCUT2D eigenvalue weighted by atomic mass is 10.1. The number of ether oxygens (including phenoxy) is 3. The van der Waals surface area contributed by atoms with Crippen LogP contribution >= 0.6 is 11.8 Å². The van der Waals surface area contributed by atoms with Crippen molar-refractivity contribution in [3.8, 4) is 11.5 Å². The smallest absolute Gasteiger partial charge is 0.315 e. The van der Waals surface area contributed by atoms with Gasteiger partial charge in [-0.3, -0.25) is 4.79 Å². The van der Waals surface area contributed by atoms with Crippen molar-refractivity contribution in [1.82, 2.24) is 5.32 Å². The highest BCUT2D eigenvalue weighted by atomic mass is 32.2. The fraction of sp³-hybridized carbons (Fsp3) is 0.533. The average Bonchev–Trinajstić information content (AvgIpc) is 2.53. The Morgan fingerprint density at radius 2 is 2.05 bits per heavy atom. The van der Waals surface area contributed by atoms with Crippen molar-refractivity contribution in [3.63, 3.8) is 0 Å². The molecule has 118 valence electrons. The van der Waals surface area contributed by atoms with E-state index in [1.807, 2.05) is 25.1 Å². The average molecular weight is 313 g/mol. The second-order valence-corrected chi connectivity index (χ2v) is 5.34. The van der Waals surface area contributed by atoms with Gasteiger partial charge >= 0.3 is 5.97 Å². The Kier molecular flexibility index (Phi) is 8.00. The molecule has 0 aliphatic carbocycles. The van der Waals surface area contributed by atoms with Gasteiger partial charge in [0, 0.05) is 23.4 Å². The van der Waals surface area contributed by atoms with Gasteiger partial charge in [-0.2, -0.15) is 0 Å². The summed E-state index contributed by atoms with van der Waals surface area (Å²) in [5.41, 5.74) is 1.05. The van der Waals surface area contributed by atoms with Crippen molar-refractivity contribution >= 4 is 17.7 Å². The van der Waals surface area contributed by atoms with Crippen molar-refractivity contribution < 1.29 is 19.0 Å². The number of carbonyl (C=O) groups excluding carboxylic acids is 1. The lowest BCUT2D eigenvalue weighted by Gasteiger charge is -2.21. The lowest BCUT2D eigenvalue weighted by Crippen LogP contribution is -2.24. The first kappa shape index (κ1) is 17.7. The Hall–Kier alpha value is -1.40. The molecule has 0 saturated carbocycles. The van der Waals surface area contributed by atoms with Crippen LogP contribution < -0.4 is 14.8 Å².